The van der Waals surface area contributed by atoms with Crippen molar-refractivity contribution in [1.82, 2.24) is 9.88 Å². The molecular weight excluding hydrogens is 382 g/mol. The van der Waals surface area contributed by atoms with E-state index in [0.717, 1.165) is 17.4 Å². The number of fused-ring (bicyclic) bond motifs is 1. The number of hydrogen-bond acceptors (Lipinski definition) is 5. The Hall–Kier alpha value is -2.24. The lowest BCUT2D eigenvalue weighted by Gasteiger charge is -2.27. The molecule has 140 valence electrons. The fraction of sp³-hybridized carbons (Fsp3) is 0.217. The molecule has 0 unspecified atom stereocenters. The molecule has 0 bridgehead atoms. The molecule has 3 heterocycles. The van der Waals surface area contributed by atoms with Gasteiger partial charge in [0.1, 0.15) is 6.04 Å². The molecule has 28 heavy (non-hydrogen) atoms. The van der Waals surface area contributed by atoms with E-state index < -0.39 is 0 Å². The quantitative estimate of drug-likeness (QED) is 0.549. The normalized spacial score (nSPS) is 23.5. The second kappa shape index (κ2) is 7.64. The van der Waals surface area contributed by atoms with Gasteiger partial charge in [0, 0.05) is 27.8 Å². The van der Waals surface area contributed by atoms with Crippen molar-refractivity contribution >= 4 is 28.7 Å². The third kappa shape index (κ3) is 3.45. The fourth-order valence-corrected chi connectivity index (χ4v) is 5.77. The summed E-state index contributed by atoms with van der Waals surface area (Å²) in [6, 6.07) is 25.9. The highest BCUT2D eigenvalue weighted by molar-refractivity contribution is 8.14. The highest BCUT2D eigenvalue weighted by atomic mass is 32.2. The molecule has 1 aromatic heterocycles. The van der Waals surface area contributed by atoms with E-state index in [1.54, 1.807) is 11.8 Å². The summed E-state index contributed by atoms with van der Waals surface area (Å²) in [6.07, 6.45) is 1.87. The van der Waals surface area contributed by atoms with E-state index in [2.05, 4.69) is 83.5 Å². The maximum Gasteiger partial charge on any atom is 0.160 e. The molecule has 0 N–H and O–H groups in total. The van der Waals surface area contributed by atoms with Crippen LogP contribution < -0.4 is 0 Å². The standard InChI is InChI=1S/C23H21N3S2/c1-16-15-26-22(21(25-23(26)27-16)20-9-5-6-14-24-20)17-10-12-19(13-11-17)28-18-7-3-2-4-8-18/h2-14,16,21-22H,15H2,1H3/t16-,21-,22+/m1/s1. The van der Waals surface area contributed by atoms with Crippen LogP contribution in [0.5, 0.6) is 0 Å². The summed E-state index contributed by atoms with van der Waals surface area (Å²) in [5, 5.41) is 1.75. The minimum absolute atomic E-state index is 0.0591. The molecule has 0 radical (unpaired) electrons. The van der Waals surface area contributed by atoms with E-state index in [0.29, 0.717) is 5.25 Å². The number of rotatable bonds is 4. The van der Waals surface area contributed by atoms with Gasteiger partial charge in [0.15, 0.2) is 5.17 Å². The van der Waals surface area contributed by atoms with Gasteiger partial charge < -0.3 is 4.90 Å². The molecule has 2 aliphatic rings. The van der Waals surface area contributed by atoms with Crippen molar-refractivity contribution < 1.29 is 0 Å². The number of pyridine rings is 1. The summed E-state index contributed by atoms with van der Waals surface area (Å²) in [4.78, 5) is 14.7. The zero-order chi connectivity index (χ0) is 18.9. The first-order valence-electron chi connectivity index (χ1n) is 9.53. The Kier molecular flexibility index (Phi) is 4.87. The summed E-state index contributed by atoms with van der Waals surface area (Å²) in [5.74, 6) is 0. The molecule has 0 amide bonds. The maximum atomic E-state index is 5.06. The molecule has 0 saturated carbocycles. The summed E-state index contributed by atoms with van der Waals surface area (Å²) in [5.41, 5.74) is 2.35. The number of thioether (sulfide) groups is 1. The average Bonchev–Trinajstić information content (AvgIpc) is 3.26. The smallest absolute Gasteiger partial charge is 0.160 e. The van der Waals surface area contributed by atoms with Gasteiger partial charge in [-0.15, -0.1) is 0 Å². The number of amidine groups is 1. The van der Waals surface area contributed by atoms with Crippen molar-refractivity contribution in [2.75, 3.05) is 6.54 Å². The molecule has 0 spiro atoms. The lowest BCUT2D eigenvalue weighted by atomic mass is 9.96. The van der Waals surface area contributed by atoms with E-state index in [4.69, 9.17) is 4.99 Å². The zero-order valence-electron chi connectivity index (χ0n) is 15.6. The molecule has 0 aliphatic carbocycles. The number of aliphatic imine (C=N–C) groups is 1. The second-order valence-corrected chi connectivity index (χ2v) is 9.67. The van der Waals surface area contributed by atoms with Crippen molar-refractivity contribution in [2.45, 2.75) is 34.0 Å². The molecule has 1 saturated heterocycles. The first kappa shape index (κ1) is 17.8. The Morgan fingerprint density at radius 2 is 1.68 bits per heavy atom. The van der Waals surface area contributed by atoms with Crippen LogP contribution in [0.25, 0.3) is 0 Å². The maximum absolute atomic E-state index is 5.06. The van der Waals surface area contributed by atoms with Crippen molar-refractivity contribution in [2.24, 2.45) is 4.99 Å². The SMILES string of the molecule is C[C@@H]1CN2C(=N[C@H](c3ccccn3)[C@@H]2c2ccc(Sc3ccccc3)cc2)S1. The van der Waals surface area contributed by atoms with Crippen LogP contribution >= 0.6 is 23.5 Å². The van der Waals surface area contributed by atoms with Gasteiger partial charge in [0.2, 0.25) is 0 Å². The second-order valence-electron chi connectivity index (χ2n) is 7.12. The molecule has 2 aliphatic heterocycles. The molecule has 1 fully saturated rings. The summed E-state index contributed by atoms with van der Waals surface area (Å²) in [7, 11) is 0. The largest absolute Gasteiger partial charge is 0.341 e. The number of nitrogens with zero attached hydrogens (tertiary/aromatic N) is 3. The Morgan fingerprint density at radius 1 is 0.929 bits per heavy atom. The van der Waals surface area contributed by atoms with Crippen LogP contribution in [-0.2, 0) is 0 Å². The first-order chi connectivity index (χ1) is 13.8. The fourth-order valence-electron chi connectivity index (χ4n) is 3.84. The van der Waals surface area contributed by atoms with Gasteiger partial charge in [-0.3, -0.25) is 9.98 Å². The molecule has 5 heteroatoms. The molecule has 5 rings (SSSR count). The van der Waals surface area contributed by atoms with Gasteiger partial charge in [-0.05, 0) is 42.0 Å². The Morgan fingerprint density at radius 3 is 2.43 bits per heavy atom. The zero-order valence-corrected chi connectivity index (χ0v) is 17.2. The van der Waals surface area contributed by atoms with Crippen LogP contribution in [0.15, 0.2) is 93.8 Å². The van der Waals surface area contributed by atoms with Crippen molar-refractivity contribution in [3.05, 3.63) is 90.3 Å². The van der Waals surface area contributed by atoms with E-state index in [9.17, 15) is 0 Å². The summed E-state index contributed by atoms with van der Waals surface area (Å²) < 4.78 is 0. The van der Waals surface area contributed by atoms with Gasteiger partial charge in [0.05, 0.1) is 11.7 Å². The molecule has 3 nitrogen and oxygen atoms in total. The van der Waals surface area contributed by atoms with Crippen LogP contribution in [0.4, 0.5) is 0 Å². The van der Waals surface area contributed by atoms with E-state index in [1.165, 1.54) is 15.4 Å². The predicted octanol–water partition coefficient (Wildman–Crippen LogP) is 5.82. The van der Waals surface area contributed by atoms with Gasteiger partial charge in [-0.25, -0.2) is 0 Å². The van der Waals surface area contributed by atoms with Crippen LogP contribution in [0.2, 0.25) is 0 Å². The van der Waals surface area contributed by atoms with Gasteiger partial charge in [-0.1, -0.05) is 66.8 Å². The van der Waals surface area contributed by atoms with Crippen LogP contribution in [0, 0.1) is 0 Å². The average molecular weight is 404 g/mol. The monoisotopic (exact) mass is 403 g/mol. The minimum atomic E-state index is 0.0591. The topological polar surface area (TPSA) is 28.5 Å². The van der Waals surface area contributed by atoms with E-state index in [1.807, 2.05) is 24.0 Å². The van der Waals surface area contributed by atoms with Crippen LogP contribution in [-0.4, -0.2) is 26.8 Å². The third-order valence-corrected chi connectivity index (χ3v) is 7.20. The summed E-state index contributed by atoms with van der Waals surface area (Å²) >= 11 is 3.68. The van der Waals surface area contributed by atoms with Crippen molar-refractivity contribution in [3.8, 4) is 0 Å². The van der Waals surface area contributed by atoms with Gasteiger partial charge in [0.25, 0.3) is 0 Å². The number of hydrogen-bond donors (Lipinski definition) is 0. The number of benzene rings is 2. The predicted molar refractivity (Wildman–Crippen MR) is 118 cm³/mol. The van der Waals surface area contributed by atoms with Crippen LogP contribution in [0.3, 0.4) is 0 Å². The van der Waals surface area contributed by atoms with Gasteiger partial charge >= 0.3 is 0 Å². The highest BCUT2D eigenvalue weighted by Crippen LogP contribution is 2.47. The first-order valence-corrected chi connectivity index (χ1v) is 11.2. The Balaban J connectivity index is 1.44. The minimum Gasteiger partial charge on any atom is -0.341 e. The lowest BCUT2D eigenvalue weighted by molar-refractivity contribution is 0.321. The number of aromatic nitrogens is 1. The van der Waals surface area contributed by atoms with Crippen LogP contribution in [0.1, 0.15) is 30.3 Å². The Bertz CT molecular complexity index is 974. The molecule has 3 aromatic rings. The van der Waals surface area contributed by atoms with Crippen molar-refractivity contribution in [3.63, 3.8) is 0 Å². The lowest BCUT2D eigenvalue weighted by Crippen LogP contribution is -2.28. The van der Waals surface area contributed by atoms with E-state index in [-0.39, 0.29) is 12.1 Å². The van der Waals surface area contributed by atoms with E-state index >= 15 is 0 Å². The van der Waals surface area contributed by atoms with Crippen molar-refractivity contribution in [1.29, 1.82) is 0 Å². The molecule has 3 atom stereocenters. The summed E-state index contributed by atoms with van der Waals surface area (Å²) in [6.45, 7) is 3.32. The van der Waals surface area contributed by atoms with Gasteiger partial charge in [-0.2, -0.15) is 0 Å². The highest BCUT2D eigenvalue weighted by Gasteiger charge is 2.43. The molecular formula is C23H21N3S2. The molecule has 2 aromatic carbocycles. The third-order valence-electron chi connectivity index (χ3n) is 5.08. The Labute approximate surface area is 174 Å².